The first kappa shape index (κ1) is 14.9. The highest BCUT2D eigenvalue weighted by atomic mass is 16.5. The number of H-pyrrole nitrogens is 1. The van der Waals surface area contributed by atoms with Crippen molar-refractivity contribution in [3.05, 3.63) is 30.0 Å². The molecule has 0 saturated carbocycles. The van der Waals surface area contributed by atoms with Crippen molar-refractivity contribution >= 4 is 22.8 Å². The number of rotatable bonds is 6. The summed E-state index contributed by atoms with van der Waals surface area (Å²) >= 11 is 0. The van der Waals surface area contributed by atoms with E-state index in [-0.39, 0.29) is 12.5 Å². The van der Waals surface area contributed by atoms with Crippen LogP contribution in [0.5, 0.6) is 5.75 Å². The standard InChI is InChI=1S/C15H18N2O4/c1-3-21-11-5-4-10-6-13(17-12(10)7-11)14(18)16-8-9(2)15(19)20/h4-7,9,17H,3,8H2,1-2H3,(H,16,18)(H,19,20)/t9-/m1/s1. The average Bonchev–Trinajstić information content (AvgIpc) is 2.87. The lowest BCUT2D eigenvalue weighted by atomic mass is 10.2. The van der Waals surface area contributed by atoms with Crippen molar-refractivity contribution < 1.29 is 19.4 Å². The highest BCUT2D eigenvalue weighted by Crippen LogP contribution is 2.21. The molecule has 0 unspecified atom stereocenters. The Hall–Kier alpha value is -2.50. The molecule has 112 valence electrons. The summed E-state index contributed by atoms with van der Waals surface area (Å²) in [5, 5.41) is 12.3. The zero-order valence-electron chi connectivity index (χ0n) is 12.0. The first-order chi connectivity index (χ1) is 10.0. The number of aromatic nitrogens is 1. The van der Waals surface area contributed by atoms with Gasteiger partial charge in [-0.25, -0.2) is 0 Å². The second-order valence-electron chi connectivity index (χ2n) is 4.81. The maximum Gasteiger partial charge on any atom is 0.308 e. The van der Waals surface area contributed by atoms with Crippen molar-refractivity contribution in [1.82, 2.24) is 10.3 Å². The van der Waals surface area contributed by atoms with Gasteiger partial charge >= 0.3 is 5.97 Å². The van der Waals surface area contributed by atoms with Crippen molar-refractivity contribution in [2.45, 2.75) is 13.8 Å². The van der Waals surface area contributed by atoms with Crippen LogP contribution in [0, 0.1) is 5.92 Å². The monoisotopic (exact) mass is 290 g/mol. The van der Waals surface area contributed by atoms with E-state index in [1.165, 1.54) is 0 Å². The van der Waals surface area contributed by atoms with Gasteiger partial charge < -0.3 is 20.1 Å². The molecule has 0 radical (unpaired) electrons. The smallest absolute Gasteiger partial charge is 0.308 e. The van der Waals surface area contributed by atoms with Crippen molar-refractivity contribution in [1.29, 1.82) is 0 Å². The number of aliphatic carboxylic acids is 1. The predicted molar refractivity (Wildman–Crippen MR) is 78.6 cm³/mol. The number of nitrogens with one attached hydrogen (secondary N) is 2. The number of benzene rings is 1. The molecule has 2 aromatic rings. The van der Waals surface area contributed by atoms with Crippen molar-refractivity contribution in [3.8, 4) is 5.75 Å². The minimum atomic E-state index is -0.937. The molecule has 21 heavy (non-hydrogen) atoms. The topological polar surface area (TPSA) is 91.4 Å². The van der Waals surface area contributed by atoms with Crippen LogP contribution in [0.1, 0.15) is 24.3 Å². The number of carboxylic acids is 1. The molecule has 0 fully saturated rings. The molecule has 3 N–H and O–H groups in total. The van der Waals surface area contributed by atoms with Crippen LogP contribution in [-0.4, -0.2) is 35.1 Å². The molecule has 6 nitrogen and oxygen atoms in total. The van der Waals surface area contributed by atoms with Crippen LogP contribution >= 0.6 is 0 Å². The summed E-state index contributed by atoms with van der Waals surface area (Å²) in [6.07, 6.45) is 0. The molecule has 1 atom stereocenters. The summed E-state index contributed by atoms with van der Waals surface area (Å²) in [4.78, 5) is 25.7. The third-order valence-corrected chi connectivity index (χ3v) is 3.14. The molecular formula is C15H18N2O4. The number of ether oxygens (including phenoxy) is 1. The lowest BCUT2D eigenvalue weighted by Gasteiger charge is -2.06. The van der Waals surface area contributed by atoms with Crippen LogP contribution in [0.15, 0.2) is 24.3 Å². The lowest BCUT2D eigenvalue weighted by Crippen LogP contribution is -2.31. The van der Waals surface area contributed by atoms with E-state index in [1.807, 2.05) is 25.1 Å². The molecular weight excluding hydrogens is 272 g/mol. The van der Waals surface area contributed by atoms with Gasteiger partial charge in [-0.2, -0.15) is 0 Å². The van der Waals surface area contributed by atoms with Gasteiger partial charge in [-0.3, -0.25) is 9.59 Å². The predicted octanol–water partition coefficient (Wildman–Crippen LogP) is 2.02. The van der Waals surface area contributed by atoms with E-state index in [2.05, 4.69) is 10.3 Å². The molecule has 0 aliphatic carbocycles. The van der Waals surface area contributed by atoms with E-state index in [0.29, 0.717) is 12.3 Å². The molecule has 1 amide bonds. The molecule has 0 aliphatic heterocycles. The quantitative estimate of drug-likeness (QED) is 0.759. The summed E-state index contributed by atoms with van der Waals surface area (Å²) in [5.74, 6) is -1.15. The van der Waals surface area contributed by atoms with Crippen LogP contribution in [0.2, 0.25) is 0 Å². The molecule has 0 bridgehead atoms. The third-order valence-electron chi connectivity index (χ3n) is 3.14. The van der Waals surface area contributed by atoms with E-state index >= 15 is 0 Å². The number of carbonyl (C=O) groups is 2. The molecule has 1 heterocycles. The Morgan fingerprint density at radius 2 is 2.14 bits per heavy atom. The number of amides is 1. The van der Waals surface area contributed by atoms with E-state index in [4.69, 9.17) is 9.84 Å². The lowest BCUT2D eigenvalue weighted by molar-refractivity contribution is -0.140. The van der Waals surface area contributed by atoms with Crippen LogP contribution < -0.4 is 10.1 Å². The third kappa shape index (κ3) is 3.53. The Balaban J connectivity index is 2.11. The van der Waals surface area contributed by atoms with Crippen LogP contribution in [0.4, 0.5) is 0 Å². The van der Waals surface area contributed by atoms with Gasteiger partial charge in [-0.05, 0) is 25.1 Å². The first-order valence-electron chi connectivity index (χ1n) is 6.77. The highest BCUT2D eigenvalue weighted by molar-refractivity contribution is 5.98. The molecule has 1 aromatic carbocycles. The molecule has 0 aliphatic rings. The minimum absolute atomic E-state index is 0.0910. The van der Waals surface area contributed by atoms with Crippen molar-refractivity contribution in [2.24, 2.45) is 5.92 Å². The second kappa shape index (κ2) is 6.30. The number of carboxylic acid groups (broad SMARTS) is 1. The van der Waals surface area contributed by atoms with Gasteiger partial charge in [-0.15, -0.1) is 0 Å². The zero-order chi connectivity index (χ0) is 15.4. The largest absolute Gasteiger partial charge is 0.494 e. The molecule has 2 rings (SSSR count). The van der Waals surface area contributed by atoms with Gasteiger partial charge in [0.2, 0.25) is 0 Å². The second-order valence-corrected chi connectivity index (χ2v) is 4.81. The average molecular weight is 290 g/mol. The van der Waals surface area contributed by atoms with Crippen LogP contribution in [0.25, 0.3) is 10.9 Å². The van der Waals surface area contributed by atoms with Gasteiger partial charge in [-0.1, -0.05) is 6.92 Å². The zero-order valence-corrected chi connectivity index (χ0v) is 12.0. The summed E-state index contributed by atoms with van der Waals surface area (Å²) in [5.41, 5.74) is 1.20. The summed E-state index contributed by atoms with van der Waals surface area (Å²) in [6, 6.07) is 7.27. The maximum atomic E-state index is 12.0. The van der Waals surface area contributed by atoms with Gasteiger partial charge in [0.05, 0.1) is 12.5 Å². The molecule has 0 spiro atoms. The number of hydrogen-bond donors (Lipinski definition) is 3. The van der Waals surface area contributed by atoms with Crippen molar-refractivity contribution in [2.75, 3.05) is 13.2 Å². The van der Waals surface area contributed by atoms with E-state index < -0.39 is 11.9 Å². The Morgan fingerprint density at radius 3 is 2.81 bits per heavy atom. The number of carbonyl (C=O) groups excluding carboxylic acids is 1. The summed E-state index contributed by atoms with van der Waals surface area (Å²) in [6.45, 7) is 4.12. The normalized spacial score (nSPS) is 12.1. The number of aromatic amines is 1. The van der Waals surface area contributed by atoms with Gasteiger partial charge in [0, 0.05) is 23.5 Å². The van der Waals surface area contributed by atoms with Gasteiger partial charge in [0.15, 0.2) is 0 Å². The van der Waals surface area contributed by atoms with Crippen molar-refractivity contribution in [3.63, 3.8) is 0 Å². The van der Waals surface area contributed by atoms with Crippen LogP contribution in [-0.2, 0) is 4.79 Å². The molecule has 6 heteroatoms. The van der Waals surface area contributed by atoms with Crippen LogP contribution in [0.3, 0.4) is 0 Å². The minimum Gasteiger partial charge on any atom is -0.494 e. The fourth-order valence-electron chi connectivity index (χ4n) is 1.91. The SMILES string of the molecule is CCOc1ccc2cc(C(=O)NC[C@@H](C)C(=O)O)[nH]c2c1. The molecule has 0 saturated heterocycles. The number of fused-ring (bicyclic) bond motifs is 1. The fourth-order valence-corrected chi connectivity index (χ4v) is 1.91. The van der Waals surface area contributed by atoms with Gasteiger partial charge in [0.1, 0.15) is 11.4 Å². The Bertz CT molecular complexity index is 663. The summed E-state index contributed by atoms with van der Waals surface area (Å²) in [7, 11) is 0. The van der Waals surface area contributed by atoms with E-state index in [0.717, 1.165) is 16.7 Å². The summed E-state index contributed by atoms with van der Waals surface area (Å²) < 4.78 is 5.40. The van der Waals surface area contributed by atoms with E-state index in [1.54, 1.807) is 13.0 Å². The molecule has 1 aromatic heterocycles. The fraction of sp³-hybridized carbons (Fsp3) is 0.333. The number of hydrogen-bond acceptors (Lipinski definition) is 3. The Labute approximate surface area is 122 Å². The van der Waals surface area contributed by atoms with E-state index in [9.17, 15) is 9.59 Å². The highest BCUT2D eigenvalue weighted by Gasteiger charge is 2.14. The Kier molecular flexibility index (Phi) is 4.47. The maximum absolute atomic E-state index is 12.0. The first-order valence-corrected chi connectivity index (χ1v) is 6.77. The Morgan fingerprint density at radius 1 is 1.38 bits per heavy atom. The van der Waals surface area contributed by atoms with Gasteiger partial charge in [0.25, 0.3) is 5.91 Å².